The van der Waals surface area contributed by atoms with Gasteiger partial charge in [-0.05, 0) is 47.3 Å². The predicted octanol–water partition coefficient (Wildman–Crippen LogP) is 15.5. The third-order valence-electron chi connectivity index (χ3n) is 11.6. The highest BCUT2D eigenvalue weighted by Gasteiger charge is 2.58. The zero-order valence-electron chi connectivity index (χ0n) is 31.0. The Kier molecular flexibility index (Phi) is 24.3. The van der Waals surface area contributed by atoms with Crippen LogP contribution in [0.15, 0.2) is 0 Å². The number of rotatable bonds is 29. The average molecular weight is 577 g/mol. The maximum atomic E-state index is 2.67. The van der Waals surface area contributed by atoms with Crippen molar-refractivity contribution < 1.29 is 0 Å². The zero-order chi connectivity index (χ0) is 31.0. The molecule has 0 saturated heterocycles. The van der Waals surface area contributed by atoms with Crippen LogP contribution in [0.4, 0.5) is 0 Å². The topological polar surface area (TPSA) is 0 Å². The highest BCUT2D eigenvalue weighted by molar-refractivity contribution is 5.07. The van der Waals surface area contributed by atoms with Crippen LogP contribution in [-0.2, 0) is 0 Å². The summed E-state index contributed by atoms with van der Waals surface area (Å²) in [5.41, 5.74) is 1.19. The van der Waals surface area contributed by atoms with E-state index in [0.29, 0.717) is 16.2 Å². The summed E-state index contributed by atoms with van der Waals surface area (Å²) in [6.45, 7) is 25.3. The minimum atomic E-state index is 0.332. The van der Waals surface area contributed by atoms with Gasteiger partial charge in [-0.25, -0.2) is 0 Å². The highest BCUT2D eigenvalue weighted by atomic mass is 14.6. The first-order chi connectivity index (χ1) is 19.6. The van der Waals surface area contributed by atoms with Gasteiger partial charge in [-0.1, -0.05) is 217 Å². The second-order valence-electron chi connectivity index (χ2n) is 15.8. The molecule has 0 aliphatic heterocycles. The Labute approximate surface area is 263 Å². The normalized spacial score (nSPS) is 16.2. The van der Waals surface area contributed by atoms with E-state index in [2.05, 4.69) is 69.2 Å². The summed E-state index contributed by atoms with van der Waals surface area (Å²) in [7, 11) is 0. The second kappa shape index (κ2) is 24.3. The highest BCUT2D eigenvalue weighted by Crippen LogP contribution is 2.66. The van der Waals surface area contributed by atoms with Crippen LogP contribution in [0.25, 0.3) is 0 Å². The molecule has 0 bridgehead atoms. The largest absolute Gasteiger partial charge is 0.0654 e. The van der Waals surface area contributed by atoms with Gasteiger partial charge in [0.2, 0.25) is 0 Å². The lowest BCUT2D eigenvalue weighted by atomic mass is 9.41. The van der Waals surface area contributed by atoms with Gasteiger partial charge in [0.25, 0.3) is 0 Å². The number of unbranched alkanes of at least 4 members (excludes halogenated alkanes) is 19. The van der Waals surface area contributed by atoms with Crippen LogP contribution < -0.4 is 0 Å². The molecular weight excluding hydrogens is 492 g/mol. The fraction of sp³-hybridized carbons (Fsp3) is 1.00. The van der Waals surface area contributed by atoms with E-state index >= 15 is 0 Å². The molecule has 41 heavy (non-hydrogen) atoms. The first-order valence-electron chi connectivity index (χ1n) is 19.6. The third kappa shape index (κ3) is 14.6. The first-order valence-corrected chi connectivity index (χ1v) is 19.6. The van der Waals surface area contributed by atoms with Crippen LogP contribution in [0.3, 0.4) is 0 Å². The molecule has 0 aromatic heterocycles. The summed E-state index contributed by atoms with van der Waals surface area (Å²) in [5, 5.41) is 0. The lowest BCUT2D eigenvalue weighted by Gasteiger charge is -2.63. The van der Waals surface area contributed by atoms with Gasteiger partial charge in [0, 0.05) is 0 Å². The van der Waals surface area contributed by atoms with Crippen molar-refractivity contribution in [1.29, 1.82) is 0 Å². The summed E-state index contributed by atoms with van der Waals surface area (Å²) in [6.07, 6.45) is 37.4. The number of hydrogen-bond acceptors (Lipinski definition) is 0. The van der Waals surface area contributed by atoms with Crippen molar-refractivity contribution >= 4 is 0 Å². The minimum absolute atomic E-state index is 0.332. The van der Waals surface area contributed by atoms with Gasteiger partial charge < -0.3 is 0 Å². The Morgan fingerprint density at radius 1 is 0.415 bits per heavy atom. The maximum absolute atomic E-state index is 2.67. The molecule has 0 radical (unpaired) electrons. The smallest absolute Gasteiger partial charge is 0.0167 e. The average Bonchev–Trinajstić information content (AvgIpc) is 2.92. The van der Waals surface area contributed by atoms with Crippen molar-refractivity contribution in [3.63, 3.8) is 0 Å². The molecule has 0 aliphatic carbocycles. The molecule has 0 aromatic rings. The van der Waals surface area contributed by atoms with E-state index in [-0.39, 0.29) is 0 Å². The van der Waals surface area contributed by atoms with Gasteiger partial charge in [-0.15, -0.1) is 0 Å². The van der Waals surface area contributed by atoms with Crippen molar-refractivity contribution in [2.45, 2.75) is 236 Å². The monoisotopic (exact) mass is 577 g/mol. The van der Waals surface area contributed by atoms with E-state index < -0.39 is 0 Å². The van der Waals surface area contributed by atoms with Gasteiger partial charge in [0.05, 0.1) is 0 Å². The Morgan fingerprint density at radius 3 is 1.10 bits per heavy atom. The van der Waals surface area contributed by atoms with Crippen LogP contribution in [-0.4, -0.2) is 0 Å². The maximum Gasteiger partial charge on any atom is -0.0167 e. The molecule has 0 heteroatoms. The van der Waals surface area contributed by atoms with E-state index in [9.17, 15) is 0 Å². The van der Waals surface area contributed by atoms with Crippen molar-refractivity contribution in [3.8, 4) is 0 Å². The lowest BCUT2D eigenvalue weighted by molar-refractivity contribution is -0.148. The summed E-state index contributed by atoms with van der Waals surface area (Å²) >= 11 is 0. The minimum Gasteiger partial charge on any atom is -0.0654 e. The molecule has 0 heterocycles. The third-order valence-corrected chi connectivity index (χ3v) is 11.6. The molecule has 0 N–H and O–H groups in total. The predicted molar refractivity (Wildman–Crippen MR) is 191 cm³/mol. The van der Waals surface area contributed by atoms with Crippen molar-refractivity contribution in [2.75, 3.05) is 0 Å². The first kappa shape index (κ1) is 41.0. The number of hydrogen-bond donors (Lipinski definition) is 0. The SMILES string of the molecule is CCCCCCCCCCCCCCCCCC(C)C(CC)(CCC)C(CCCCCCCC)(C(C)C)C(C)(C)C. The molecule has 0 aliphatic rings. The van der Waals surface area contributed by atoms with Gasteiger partial charge in [0.15, 0.2) is 0 Å². The molecule has 0 rings (SSSR count). The summed E-state index contributed by atoms with van der Waals surface area (Å²) in [6, 6.07) is 0. The van der Waals surface area contributed by atoms with Crippen LogP contribution >= 0.6 is 0 Å². The van der Waals surface area contributed by atoms with E-state index in [1.165, 1.54) is 167 Å². The van der Waals surface area contributed by atoms with Crippen LogP contribution in [0.2, 0.25) is 0 Å². The fourth-order valence-corrected chi connectivity index (χ4v) is 9.58. The standard InChI is InChI=1S/C41H84/c1-11-15-17-19-21-22-23-24-25-26-27-28-29-30-32-34-38(7)40(14-4,35-13-3)41(37(5)6,39(8,9)10)36-33-31-20-18-16-12-2/h37-38H,11-36H2,1-10H3. The summed E-state index contributed by atoms with van der Waals surface area (Å²) in [4.78, 5) is 0. The molecule has 0 aromatic carbocycles. The van der Waals surface area contributed by atoms with Crippen molar-refractivity contribution in [1.82, 2.24) is 0 Å². The van der Waals surface area contributed by atoms with Gasteiger partial charge in [-0.2, -0.15) is 0 Å². The van der Waals surface area contributed by atoms with Crippen LogP contribution in [0.5, 0.6) is 0 Å². The molecule has 248 valence electrons. The van der Waals surface area contributed by atoms with Crippen LogP contribution in [0, 0.1) is 28.1 Å². The van der Waals surface area contributed by atoms with E-state index in [1.807, 2.05) is 0 Å². The molecule has 0 nitrogen and oxygen atoms in total. The van der Waals surface area contributed by atoms with Crippen molar-refractivity contribution in [2.24, 2.45) is 28.1 Å². The van der Waals surface area contributed by atoms with E-state index in [0.717, 1.165) is 11.8 Å². The van der Waals surface area contributed by atoms with Crippen molar-refractivity contribution in [3.05, 3.63) is 0 Å². The van der Waals surface area contributed by atoms with E-state index in [4.69, 9.17) is 0 Å². The zero-order valence-corrected chi connectivity index (χ0v) is 31.0. The molecule has 3 unspecified atom stereocenters. The quantitative estimate of drug-likeness (QED) is 0.0777. The molecular formula is C41H84. The fourth-order valence-electron chi connectivity index (χ4n) is 9.58. The second-order valence-corrected chi connectivity index (χ2v) is 15.8. The Bertz CT molecular complexity index is 553. The van der Waals surface area contributed by atoms with Gasteiger partial charge in [0.1, 0.15) is 0 Å². The Balaban J connectivity index is 4.86. The molecule has 3 atom stereocenters. The van der Waals surface area contributed by atoms with E-state index in [1.54, 1.807) is 0 Å². The summed E-state index contributed by atoms with van der Waals surface area (Å²) in [5.74, 6) is 1.55. The van der Waals surface area contributed by atoms with Gasteiger partial charge >= 0.3 is 0 Å². The molecule has 0 saturated carbocycles. The van der Waals surface area contributed by atoms with Crippen LogP contribution in [0.1, 0.15) is 236 Å². The Hall–Kier alpha value is 0. The lowest BCUT2D eigenvalue weighted by Crippen LogP contribution is -2.56. The molecule has 0 spiro atoms. The molecule has 0 amide bonds. The summed E-state index contributed by atoms with van der Waals surface area (Å²) < 4.78 is 0. The molecule has 0 fully saturated rings. The van der Waals surface area contributed by atoms with Gasteiger partial charge in [-0.3, -0.25) is 0 Å². The Morgan fingerprint density at radius 2 is 0.780 bits per heavy atom.